The predicted molar refractivity (Wildman–Crippen MR) is 78.7 cm³/mol. The van der Waals surface area contributed by atoms with Gasteiger partial charge in [0.25, 0.3) is 0 Å². The Kier molecular flexibility index (Phi) is 4.65. The highest BCUT2D eigenvalue weighted by atomic mass is 32.2. The van der Waals surface area contributed by atoms with E-state index in [9.17, 15) is 13.2 Å². The van der Waals surface area contributed by atoms with Crippen LogP contribution in [0.1, 0.15) is 19.8 Å². The van der Waals surface area contributed by atoms with E-state index in [1.54, 1.807) is 24.3 Å². The summed E-state index contributed by atoms with van der Waals surface area (Å²) in [5.41, 5.74) is 0.533. The van der Waals surface area contributed by atoms with Crippen LogP contribution in [0.15, 0.2) is 30.3 Å². The third-order valence-electron chi connectivity index (χ3n) is 3.46. The van der Waals surface area contributed by atoms with Gasteiger partial charge in [0.1, 0.15) is 0 Å². The van der Waals surface area contributed by atoms with Gasteiger partial charge in [-0.15, -0.1) is 0 Å². The zero-order valence-electron chi connectivity index (χ0n) is 11.5. The first kappa shape index (κ1) is 14.8. The van der Waals surface area contributed by atoms with Crippen LogP contribution in [0.5, 0.6) is 0 Å². The molecule has 0 spiro atoms. The highest BCUT2D eigenvalue weighted by Gasteiger charge is 2.32. The van der Waals surface area contributed by atoms with Gasteiger partial charge in [-0.3, -0.25) is 9.52 Å². The third kappa shape index (κ3) is 4.52. The van der Waals surface area contributed by atoms with Crippen LogP contribution in [-0.2, 0) is 14.8 Å². The van der Waals surface area contributed by atoms with Crippen molar-refractivity contribution in [3.8, 4) is 0 Å². The predicted octanol–water partition coefficient (Wildman–Crippen LogP) is 1.59. The summed E-state index contributed by atoms with van der Waals surface area (Å²) in [6.07, 6.45) is 2.20. The molecule has 1 aliphatic carbocycles. The second-order valence-electron chi connectivity index (χ2n) is 5.20. The lowest BCUT2D eigenvalue weighted by atomic mass is 10.1. The van der Waals surface area contributed by atoms with Crippen molar-refractivity contribution in [2.45, 2.75) is 19.8 Å². The summed E-state index contributed by atoms with van der Waals surface area (Å²) in [6.45, 7) is 2.03. The van der Waals surface area contributed by atoms with Crippen LogP contribution < -0.4 is 10.0 Å². The third-order valence-corrected chi connectivity index (χ3v) is 4.75. The van der Waals surface area contributed by atoms with E-state index < -0.39 is 10.0 Å². The fourth-order valence-electron chi connectivity index (χ4n) is 2.02. The lowest BCUT2D eigenvalue weighted by Crippen LogP contribution is -2.35. The van der Waals surface area contributed by atoms with E-state index >= 15 is 0 Å². The molecule has 0 heterocycles. The Bertz CT molecular complexity index is 553. The maximum atomic E-state index is 11.8. The highest BCUT2D eigenvalue weighted by molar-refractivity contribution is 7.92. The molecule has 0 radical (unpaired) electrons. The van der Waals surface area contributed by atoms with Crippen LogP contribution in [0, 0.1) is 11.8 Å². The van der Waals surface area contributed by atoms with Gasteiger partial charge in [0, 0.05) is 18.2 Å². The molecule has 1 aromatic carbocycles. The van der Waals surface area contributed by atoms with Gasteiger partial charge < -0.3 is 5.32 Å². The molecular weight excluding hydrogens is 276 g/mol. The Hall–Kier alpha value is -1.56. The topological polar surface area (TPSA) is 75.3 Å². The molecule has 110 valence electrons. The Labute approximate surface area is 119 Å². The van der Waals surface area contributed by atoms with Gasteiger partial charge in [-0.2, -0.15) is 0 Å². The fourth-order valence-corrected chi connectivity index (χ4v) is 2.98. The van der Waals surface area contributed by atoms with Crippen molar-refractivity contribution in [1.82, 2.24) is 5.32 Å². The van der Waals surface area contributed by atoms with Crippen LogP contribution in [-0.4, -0.2) is 26.6 Å². The number of benzene rings is 1. The van der Waals surface area contributed by atoms with Gasteiger partial charge in [0.15, 0.2) is 0 Å². The molecule has 0 unspecified atom stereocenters. The molecule has 2 N–H and O–H groups in total. The number of sulfonamides is 1. The first-order chi connectivity index (χ1) is 9.48. The van der Waals surface area contributed by atoms with Gasteiger partial charge in [0.2, 0.25) is 15.9 Å². The van der Waals surface area contributed by atoms with E-state index in [2.05, 4.69) is 10.0 Å². The summed E-state index contributed by atoms with van der Waals surface area (Å²) in [6, 6.07) is 8.71. The van der Waals surface area contributed by atoms with E-state index in [-0.39, 0.29) is 24.1 Å². The number of nitrogens with one attached hydrogen (secondary N) is 2. The van der Waals surface area contributed by atoms with Gasteiger partial charge in [-0.1, -0.05) is 25.1 Å². The number of para-hydroxylation sites is 1. The summed E-state index contributed by atoms with van der Waals surface area (Å²) in [5.74, 6) is 0.293. The van der Waals surface area contributed by atoms with Crippen molar-refractivity contribution in [1.29, 1.82) is 0 Å². The van der Waals surface area contributed by atoms with Crippen molar-refractivity contribution in [2.24, 2.45) is 11.8 Å². The number of rotatable bonds is 7. The zero-order valence-corrected chi connectivity index (χ0v) is 12.3. The standard InChI is InChI=1S/C14H20N2O3S/c1-11(12-7-8-12)14(17)15-9-10-20(18,19)16-13-5-3-2-4-6-13/h2-6,11-12,16H,7-10H2,1H3,(H,15,17)/t11-/m0/s1. The summed E-state index contributed by atoms with van der Waals surface area (Å²) >= 11 is 0. The second kappa shape index (κ2) is 6.26. The van der Waals surface area contributed by atoms with Crippen LogP contribution in [0.4, 0.5) is 5.69 Å². The SMILES string of the molecule is C[C@H](C(=O)NCCS(=O)(=O)Nc1ccccc1)C1CC1. The summed E-state index contributed by atoms with van der Waals surface area (Å²) in [5, 5.41) is 2.69. The van der Waals surface area contributed by atoms with Crippen LogP contribution in [0.25, 0.3) is 0 Å². The van der Waals surface area contributed by atoms with Crippen LogP contribution in [0.3, 0.4) is 0 Å². The number of carbonyl (C=O) groups excluding carboxylic acids is 1. The normalized spacial score (nSPS) is 16.4. The van der Waals surface area contributed by atoms with E-state index in [4.69, 9.17) is 0 Å². The number of carbonyl (C=O) groups is 1. The molecule has 1 saturated carbocycles. The monoisotopic (exact) mass is 296 g/mol. The Balaban J connectivity index is 1.76. The first-order valence-electron chi connectivity index (χ1n) is 6.81. The van der Waals surface area contributed by atoms with Crippen LogP contribution in [0.2, 0.25) is 0 Å². The minimum Gasteiger partial charge on any atom is -0.355 e. The minimum atomic E-state index is -3.43. The molecule has 6 heteroatoms. The molecule has 0 aliphatic heterocycles. The molecule has 1 atom stereocenters. The second-order valence-corrected chi connectivity index (χ2v) is 7.05. The van der Waals surface area contributed by atoms with Crippen molar-refractivity contribution >= 4 is 21.6 Å². The molecule has 0 saturated heterocycles. The Morgan fingerprint density at radius 3 is 2.55 bits per heavy atom. The van der Waals surface area contributed by atoms with Crippen molar-refractivity contribution in [3.63, 3.8) is 0 Å². The molecule has 1 fully saturated rings. The molecule has 1 amide bonds. The maximum Gasteiger partial charge on any atom is 0.234 e. The number of hydrogen-bond donors (Lipinski definition) is 2. The Morgan fingerprint density at radius 2 is 1.95 bits per heavy atom. The average Bonchev–Trinajstić information content (AvgIpc) is 3.22. The summed E-state index contributed by atoms with van der Waals surface area (Å²) in [4.78, 5) is 11.7. The molecule has 5 nitrogen and oxygen atoms in total. The van der Waals surface area contributed by atoms with Gasteiger partial charge in [0.05, 0.1) is 5.75 Å². The minimum absolute atomic E-state index is 0.0141. The summed E-state index contributed by atoms with van der Waals surface area (Å²) in [7, 11) is -3.43. The van der Waals surface area contributed by atoms with Gasteiger partial charge in [-0.05, 0) is 30.9 Å². The lowest BCUT2D eigenvalue weighted by molar-refractivity contribution is -0.124. The first-order valence-corrected chi connectivity index (χ1v) is 8.46. The molecule has 2 rings (SSSR count). The lowest BCUT2D eigenvalue weighted by Gasteiger charge is -2.12. The maximum absolute atomic E-state index is 11.8. The van der Waals surface area contributed by atoms with E-state index in [1.165, 1.54) is 0 Å². The molecule has 20 heavy (non-hydrogen) atoms. The average molecular weight is 296 g/mol. The summed E-state index contributed by atoms with van der Waals surface area (Å²) < 4.78 is 26.1. The fraction of sp³-hybridized carbons (Fsp3) is 0.500. The van der Waals surface area contributed by atoms with Crippen molar-refractivity contribution in [2.75, 3.05) is 17.0 Å². The quantitative estimate of drug-likeness (QED) is 0.802. The van der Waals surface area contributed by atoms with Gasteiger partial charge in [-0.25, -0.2) is 8.42 Å². The smallest absolute Gasteiger partial charge is 0.234 e. The van der Waals surface area contributed by atoms with Crippen molar-refractivity contribution < 1.29 is 13.2 Å². The molecular formula is C14H20N2O3S. The largest absolute Gasteiger partial charge is 0.355 e. The van der Waals surface area contributed by atoms with Crippen molar-refractivity contribution in [3.05, 3.63) is 30.3 Å². The highest BCUT2D eigenvalue weighted by Crippen LogP contribution is 2.36. The molecule has 1 aromatic rings. The van der Waals surface area contributed by atoms with E-state index in [0.717, 1.165) is 12.8 Å². The number of hydrogen-bond acceptors (Lipinski definition) is 3. The number of anilines is 1. The van der Waals surface area contributed by atoms with E-state index in [1.807, 2.05) is 13.0 Å². The number of amides is 1. The molecule has 0 bridgehead atoms. The molecule has 1 aliphatic rings. The van der Waals surface area contributed by atoms with E-state index in [0.29, 0.717) is 11.6 Å². The van der Waals surface area contributed by atoms with Crippen LogP contribution >= 0.6 is 0 Å². The van der Waals surface area contributed by atoms with Gasteiger partial charge >= 0.3 is 0 Å². The zero-order chi connectivity index (χ0) is 14.6. The Morgan fingerprint density at radius 1 is 1.30 bits per heavy atom. The molecule has 0 aromatic heterocycles.